The third-order valence-corrected chi connectivity index (χ3v) is 3.13. The predicted molar refractivity (Wildman–Crippen MR) is 67.5 cm³/mol. The molecule has 20 heavy (non-hydrogen) atoms. The van der Waals surface area contributed by atoms with E-state index in [0.717, 1.165) is 6.07 Å². The minimum absolute atomic E-state index is 0.218. The number of aliphatic carboxylic acids is 1. The lowest BCUT2D eigenvalue weighted by atomic mass is 10.1. The Kier molecular flexibility index (Phi) is 4.69. The van der Waals surface area contributed by atoms with E-state index in [0.29, 0.717) is 0 Å². The predicted octanol–water partition coefficient (Wildman–Crippen LogP) is 2.89. The third-order valence-electron chi connectivity index (χ3n) is 2.32. The van der Waals surface area contributed by atoms with E-state index in [9.17, 15) is 22.8 Å². The van der Waals surface area contributed by atoms with Crippen LogP contribution in [-0.4, -0.2) is 28.0 Å². The molecular weight excluding hydrogens is 295 g/mol. The molecule has 0 saturated carbocycles. The molecule has 0 aliphatic rings. The first-order chi connectivity index (χ1) is 9.03. The number of nitrogens with one attached hydrogen (secondary N) is 1. The summed E-state index contributed by atoms with van der Waals surface area (Å²) in [5.41, 5.74) is -6.32. The van der Waals surface area contributed by atoms with Crippen molar-refractivity contribution in [3.63, 3.8) is 0 Å². The maximum atomic E-state index is 12.4. The number of alkyl halides is 3. The molecule has 1 aromatic carbocycles. The molecule has 0 aromatic heterocycles. The molecule has 0 saturated heterocycles. The van der Waals surface area contributed by atoms with Crippen LogP contribution in [0, 0.1) is 0 Å². The smallest absolute Gasteiger partial charge is 0.446 e. The summed E-state index contributed by atoms with van der Waals surface area (Å²) < 4.78 is 37.2. The molecule has 0 heterocycles. The van der Waals surface area contributed by atoms with Crippen LogP contribution < -0.4 is 5.32 Å². The van der Waals surface area contributed by atoms with E-state index < -0.39 is 34.7 Å². The summed E-state index contributed by atoms with van der Waals surface area (Å²) in [6, 6.07) is 5.14. The largest absolute Gasteiger partial charge is 0.480 e. The second-order valence-corrected chi connectivity index (χ2v) is 5.54. The molecule has 1 aromatic rings. The number of rotatable bonds is 4. The van der Waals surface area contributed by atoms with Gasteiger partial charge in [0.15, 0.2) is 0 Å². The first kappa shape index (κ1) is 16.4. The van der Waals surface area contributed by atoms with Gasteiger partial charge in [0.2, 0.25) is 0 Å². The number of carbonyl (C=O) groups excluding carboxylic acids is 1. The molecule has 1 amide bonds. The highest BCUT2D eigenvalue weighted by Gasteiger charge is 2.33. The Hall–Kier alpha value is -1.70. The molecule has 0 atom stereocenters. The summed E-state index contributed by atoms with van der Waals surface area (Å²) >= 11 is -0.418. The summed E-state index contributed by atoms with van der Waals surface area (Å²) in [7, 11) is 0. The second-order valence-electron chi connectivity index (χ2n) is 4.43. The Morgan fingerprint density at radius 2 is 1.75 bits per heavy atom. The van der Waals surface area contributed by atoms with Gasteiger partial charge in [-0.05, 0) is 37.7 Å². The van der Waals surface area contributed by atoms with Gasteiger partial charge in [0.1, 0.15) is 5.54 Å². The average Bonchev–Trinajstić information content (AvgIpc) is 2.26. The number of benzene rings is 1. The van der Waals surface area contributed by atoms with Crippen molar-refractivity contribution in [2.24, 2.45) is 0 Å². The molecular formula is C12H12F3NO3S. The number of amides is 1. The van der Waals surface area contributed by atoms with Gasteiger partial charge in [0.05, 0.1) is 5.56 Å². The quantitative estimate of drug-likeness (QED) is 0.839. The molecule has 0 aliphatic carbocycles. The van der Waals surface area contributed by atoms with Crippen molar-refractivity contribution in [1.29, 1.82) is 0 Å². The summed E-state index contributed by atoms with van der Waals surface area (Å²) in [6.07, 6.45) is 0. The minimum atomic E-state index is -4.53. The molecule has 0 fully saturated rings. The molecule has 0 unspecified atom stereocenters. The summed E-state index contributed by atoms with van der Waals surface area (Å²) in [5, 5.41) is 11.1. The Morgan fingerprint density at radius 1 is 1.20 bits per heavy atom. The van der Waals surface area contributed by atoms with Crippen LogP contribution in [0.15, 0.2) is 29.2 Å². The van der Waals surface area contributed by atoms with Crippen LogP contribution in [0.3, 0.4) is 0 Å². The fourth-order valence-corrected chi connectivity index (χ4v) is 1.94. The number of halogens is 3. The zero-order valence-corrected chi connectivity index (χ0v) is 11.4. The molecule has 0 spiro atoms. The van der Waals surface area contributed by atoms with Crippen LogP contribution in [0.25, 0.3) is 0 Å². The van der Waals surface area contributed by atoms with Crippen LogP contribution in [0.2, 0.25) is 0 Å². The molecule has 110 valence electrons. The SMILES string of the molecule is CC(C)(NC(=O)c1ccccc1SC(F)(F)F)C(=O)O. The Balaban J connectivity index is 3.02. The lowest BCUT2D eigenvalue weighted by Crippen LogP contribution is -2.49. The van der Waals surface area contributed by atoms with Crippen LogP contribution in [0.1, 0.15) is 24.2 Å². The lowest BCUT2D eigenvalue weighted by Gasteiger charge is -2.21. The maximum Gasteiger partial charge on any atom is 0.446 e. The lowest BCUT2D eigenvalue weighted by molar-refractivity contribution is -0.143. The zero-order valence-electron chi connectivity index (χ0n) is 10.6. The summed E-state index contributed by atoms with van der Waals surface area (Å²) in [6.45, 7) is 2.49. The maximum absolute atomic E-state index is 12.4. The molecule has 8 heteroatoms. The van der Waals surface area contributed by atoms with Crippen LogP contribution >= 0.6 is 11.8 Å². The van der Waals surface area contributed by atoms with Gasteiger partial charge in [-0.1, -0.05) is 12.1 Å². The first-order valence-electron chi connectivity index (χ1n) is 5.43. The van der Waals surface area contributed by atoms with Crippen molar-refractivity contribution in [3.05, 3.63) is 29.8 Å². The normalized spacial score (nSPS) is 12.1. The number of carbonyl (C=O) groups is 2. The highest BCUT2D eigenvalue weighted by molar-refractivity contribution is 8.00. The van der Waals surface area contributed by atoms with E-state index in [1.807, 2.05) is 0 Å². The molecule has 4 nitrogen and oxygen atoms in total. The van der Waals surface area contributed by atoms with E-state index in [-0.39, 0.29) is 10.5 Å². The van der Waals surface area contributed by atoms with E-state index in [1.165, 1.54) is 32.0 Å². The fourth-order valence-electron chi connectivity index (χ4n) is 1.27. The minimum Gasteiger partial charge on any atom is -0.480 e. The van der Waals surface area contributed by atoms with Crippen molar-refractivity contribution < 1.29 is 27.9 Å². The standard InChI is InChI=1S/C12H12F3NO3S/c1-11(2,10(18)19)16-9(17)7-5-3-4-6-8(7)20-12(13,14)15/h3-6H,1-2H3,(H,16,17)(H,18,19). The summed E-state index contributed by atoms with van der Waals surface area (Å²) in [5.74, 6) is -2.16. The van der Waals surface area contributed by atoms with E-state index >= 15 is 0 Å². The molecule has 0 bridgehead atoms. The van der Waals surface area contributed by atoms with E-state index in [4.69, 9.17) is 5.11 Å². The van der Waals surface area contributed by atoms with Crippen LogP contribution in [-0.2, 0) is 4.79 Å². The highest BCUT2D eigenvalue weighted by atomic mass is 32.2. The van der Waals surface area contributed by atoms with Crippen molar-refractivity contribution in [1.82, 2.24) is 5.32 Å². The van der Waals surface area contributed by atoms with Gasteiger partial charge in [-0.2, -0.15) is 13.2 Å². The topological polar surface area (TPSA) is 66.4 Å². The number of carboxylic acids is 1. The monoisotopic (exact) mass is 307 g/mol. The Morgan fingerprint density at radius 3 is 2.25 bits per heavy atom. The van der Waals surface area contributed by atoms with Gasteiger partial charge in [0.25, 0.3) is 5.91 Å². The van der Waals surface area contributed by atoms with E-state index in [1.54, 1.807) is 0 Å². The second kappa shape index (κ2) is 5.74. The molecule has 0 aliphatic heterocycles. The number of hydrogen-bond donors (Lipinski definition) is 2. The first-order valence-corrected chi connectivity index (χ1v) is 6.25. The van der Waals surface area contributed by atoms with Gasteiger partial charge < -0.3 is 10.4 Å². The Bertz CT molecular complexity index is 529. The molecule has 0 radical (unpaired) electrons. The van der Waals surface area contributed by atoms with Gasteiger partial charge in [-0.15, -0.1) is 0 Å². The third kappa shape index (κ3) is 4.44. The van der Waals surface area contributed by atoms with Crippen molar-refractivity contribution in [2.45, 2.75) is 29.8 Å². The number of thioether (sulfide) groups is 1. The number of hydrogen-bond acceptors (Lipinski definition) is 3. The van der Waals surface area contributed by atoms with Gasteiger partial charge in [-0.25, -0.2) is 4.79 Å². The fraction of sp³-hybridized carbons (Fsp3) is 0.333. The van der Waals surface area contributed by atoms with Crippen molar-refractivity contribution in [3.8, 4) is 0 Å². The van der Waals surface area contributed by atoms with E-state index in [2.05, 4.69) is 5.32 Å². The van der Waals surface area contributed by atoms with Gasteiger partial charge in [-0.3, -0.25) is 4.79 Å². The van der Waals surface area contributed by atoms with Gasteiger partial charge >= 0.3 is 11.5 Å². The molecule has 1 rings (SSSR count). The van der Waals surface area contributed by atoms with Gasteiger partial charge in [0, 0.05) is 4.90 Å². The zero-order chi connectivity index (χ0) is 15.6. The van der Waals surface area contributed by atoms with Crippen LogP contribution in [0.4, 0.5) is 13.2 Å². The highest BCUT2D eigenvalue weighted by Crippen LogP contribution is 2.38. The van der Waals surface area contributed by atoms with Crippen molar-refractivity contribution >= 4 is 23.6 Å². The molecule has 2 N–H and O–H groups in total. The average molecular weight is 307 g/mol. The van der Waals surface area contributed by atoms with Crippen LogP contribution in [0.5, 0.6) is 0 Å². The van der Waals surface area contributed by atoms with Crippen molar-refractivity contribution in [2.75, 3.05) is 0 Å². The number of carboxylic acid groups (broad SMARTS) is 1. The Labute approximate surface area is 117 Å². The summed E-state index contributed by atoms with van der Waals surface area (Å²) in [4.78, 5) is 22.5.